The van der Waals surface area contributed by atoms with E-state index in [-0.39, 0.29) is 12.5 Å². The van der Waals surface area contributed by atoms with Gasteiger partial charge in [-0.3, -0.25) is 4.79 Å². The number of hydrogen-bond donors (Lipinski definition) is 1. The average molecular weight is 208 g/mol. The SMILES string of the molecule is Cn1ccc2c1CCCN(CCO)C2=O. The van der Waals surface area contributed by atoms with Gasteiger partial charge in [0.1, 0.15) is 0 Å². The minimum absolute atomic E-state index is 0.0356. The first-order chi connectivity index (χ1) is 7.24. The molecule has 0 unspecified atom stereocenters. The van der Waals surface area contributed by atoms with E-state index in [0.29, 0.717) is 6.54 Å². The first kappa shape index (κ1) is 10.2. The summed E-state index contributed by atoms with van der Waals surface area (Å²) in [4.78, 5) is 13.8. The Labute approximate surface area is 89.1 Å². The third kappa shape index (κ3) is 1.77. The van der Waals surface area contributed by atoms with Crippen molar-refractivity contribution in [3.63, 3.8) is 0 Å². The predicted octanol–water partition coefficient (Wildman–Crippen LogP) is 0.406. The van der Waals surface area contributed by atoms with Crippen LogP contribution >= 0.6 is 0 Å². The van der Waals surface area contributed by atoms with E-state index in [0.717, 1.165) is 30.6 Å². The van der Waals surface area contributed by atoms with Gasteiger partial charge in [0.05, 0.1) is 12.2 Å². The zero-order chi connectivity index (χ0) is 10.8. The largest absolute Gasteiger partial charge is 0.395 e. The number of aliphatic hydroxyl groups is 1. The number of β-amino-alcohol motifs (C(OH)–C–C–N with tert-alkyl or cyclic N) is 1. The third-order valence-corrected chi connectivity index (χ3v) is 2.93. The Kier molecular flexibility index (Phi) is 2.77. The lowest BCUT2D eigenvalue weighted by Gasteiger charge is -2.18. The van der Waals surface area contributed by atoms with E-state index >= 15 is 0 Å². The van der Waals surface area contributed by atoms with Crippen LogP contribution in [0.25, 0.3) is 0 Å². The van der Waals surface area contributed by atoms with Crippen molar-refractivity contribution in [2.75, 3.05) is 19.7 Å². The first-order valence-corrected chi connectivity index (χ1v) is 5.28. The van der Waals surface area contributed by atoms with Crippen molar-refractivity contribution >= 4 is 5.91 Å². The summed E-state index contributed by atoms with van der Waals surface area (Å²) in [5, 5.41) is 8.88. The second-order valence-corrected chi connectivity index (χ2v) is 3.91. The molecule has 0 spiro atoms. The van der Waals surface area contributed by atoms with E-state index in [2.05, 4.69) is 0 Å². The minimum atomic E-state index is 0.0356. The second kappa shape index (κ2) is 4.06. The monoisotopic (exact) mass is 208 g/mol. The molecule has 4 heteroatoms. The molecule has 1 aromatic rings. The molecule has 1 aliphatic rings. The lowest BCUT2D eigenvalue weighted by atomic mass is 10.2. The zero-order valence-electron chi connectivity index (χ0n) is 8.94. The van der Waals surface area contributed by atoms with Gasteiger partial charge in [-0.25, -0.2) is 0 Å². The molecule has 0 fully saturated rings. The Morgan fingerprint density at radius 1 is 1.53 bits per heavy atom. The lowest BCUT2D eigenvalue weighted by Crippen LogP contribution is -2.33. The molecule has 1 aliphatic heterocycles. The minimum Gasteiger partial charge on any atom is -0.395 e. The lowest BCUT2D eigenvalue weighted by molar-refractivity contribution is 0.0728. The predicted molar refractivity (Wildman–Crippen MR) is 56.7 cm³/mol. The van der Waals surface area contributed by atoms with E-state index in [1.807, 2.05) is 23.9 Å². The van der Waals surface area contributed by atoms with Gasteiger partial charge < -0.3 is 14.6 Å². The van der Waals surface area contributed by atoms with Crippen LogP contribution in [0, 0.1) is 0 Å². The van der Waals surface area contributed by atoms with Crippen LogP contribution in [0.2, 0.25) is 0 Å². The normalized spacial score (nSPS) is 16.4. The number of aryl methyl sites for hydroxylation is 1. The van der Waals surface area contributed by atoms with Crippen molar-refractivity contribution < 1.29 is 9.90 Å². The Hall–Kier alpha value is -1.29. The summed E-state index contributed by atoms with van der Waals surface area (Å²) in [6.07, 6.45) is 3.83. The number of hydrogen-bond acceptors (Lipinski definition) is 2. The zero-order valence-corrected chi connectivity index (χ0v) is 8.94. The van der Waals surface area contributed by atoms with Crippen molar-refractivity contribution in [2.24, 2.45) is 7.05 Å². The molecule has 0 atom stereocenters. The number of fused-ring (bicyclic) bond motifs is 1. The molecule has 0 saturated carbocycles. The van der Waals surface area contributed by atoms with E-state index in [4.69, 9.17) is 5.11 Å². The van der Waals surface area contributed by atoms with Gasteiger partial charge in [0.15, 0.2) is 0 Å². The van der Waals surface area contributed by atoms with Crippen molar-refractivity contribution in [2.45, 2.75) is 12.8 Å². The summed E-state index contributed by atoms with van der Waals surface area (Å²) < 4.78 is 2.01. The van der Waals surface area contributed by atoms with E-state index < -0.39 is 0 Å². The van der Waals surface area contributed by atoms with Crippen LogP contribution in [-0.2, 0) is 13.5 Å². The van der Waals surface area contributed by atoms with Gasteiger partial charge in [0.25, 0.3) is 5.91 Å². The van der Waals surface area contributed by atoms with Crippen LogP contribution in [0.3, 0.4) is 0 Å². The van der Waals surface area contributed by atoms with Crippen molar-refractivity contribution in [1.82, 2.24) is 9.47 Å². The summed E-state index contributed by atoms with van der Waals surface area (Å²) in [7, 11) is 1.97. The number of aliphatic hydroxyl groups excluding tert-OH is 1. The average Bonchev–Trinajstić information content (AvgIpc) is 2.50. The first-order valence-electron chi connectivity index (χ1n) is 5.28. The molecule has 2 rings (SSSR count). The highest BCUT2D eigenvalue weighted by molar-refractivity contribution is 5.95. The number of rotatable bonds is 2. The molecule has 0 radical (unpaired) electrons. The van der Waals surface area contributed by atoms with Gasteiger partial charge in [0, 0.05) is 32.0 Å². The van der Waals surface area contributed by atoms with Crippen LogP contribution in [0.1, 0.15) is 22.5 Å². The van der Waals surface area contributed by atoms with Crippen LogP contribution in [0.5, 0.6) is 0 Å². The third-order valence-electron chi connectivity index (χ3n) is 2.93. The van der Waals surface area contributed by atoms with Crippen LogP contribution in [-0.4, -0.2) is 40.2 Å². The number of carbonyl (C=O) groups excluding carboxylic acids is 1. The molecule has 0 saturated heterocycles. The smallest absolute Gasteiger partial charge is 0.255 e. The number of nitrogens with zero attached hydrogens (tertiary/aromatic N) is 2. The molecule has 82 valence electrons. The maximum atomic E-state index is 12.0. The van der Waals surface area contributed by atoms with Gasteiger partial charge in [0.2, 0.25) is 0 Å². The molecule has 0 bridgehead atoms. The van der Waals surface area contributed by atoms with Gasteiger partial charge in [-0.2, -0.15) is 0 Å². The topological polar surface area (TPSA) is 45.5 Å². The molecule has 15 heavy (non-hydrogen) atoms. The molecular formula is C11H16N2O2. The van der Waals surface area contributed by atoms with E-state index in [9.17, 15) is 4.79 Å². The Balaban J connectivity index is 2.31. The van der Waals surface area contributed by atoms with Crippen molar-refractivity contribution in [3.8, 4) is 0 Å². The molecule has 1 aromatic heterocycles. The molecule has 1 N–H and O–H groups in total. The Morgan fingerprint density at radius 3 is 3.07 bits per heavy atom. The quantitative estimate of drug-likeness (QED) is 0.765. The highest BCUT2D eigenvalue weighted by Gasteiger charge is 2.23. The standard InChI is InChI=1S/C11H16N2O2/c1-12-6-4-9-10(12)3-2-5-13(7-8-14)11(9)15/h4,6,14H,2-3,5,7-8H2,1H3. The van der Waals surface area contributed by atoms with Crippen LogP contribution < -0.4 is 0 Å². The fourth-order valence-electron chi connectivity index (χ4n) is 2.11. The van der Waals surface area contributed by atoms with Crippen LogP contribution in [0.4, 0.5) is 0 Å². The molecular weight excluding hydrogens is 192 g/mol. The summed E-state index contributed by atoms with van der Waals surface area (Å²) in [5.41, 5.74) is 1.91. The van der Waals surface area contributed by atoms with E-state index in [1.54, 1.807) is 4.90 Å². The van der Waals surface area contributed by atoms with Gasteiger partial charge in [-0.15, -0.1) is 0 Å². The summed E-state index contributed by atoms with van der Waals surface area (Å²) in [6, 6.07) is 1.87. The summed E-state index contributed by atoms with van der Waals surface area (Å²) in [5.74, 6) is 0.0529. The second-order valence-electron chi connectivity index (χ2n) is 3.91. The summed E-state index contributed by atoms with van der Waals surface area (Å²) in [6.45, 7) is 1.22. The van der Waals surface area contributed by atoms with Crippen molar-refractivity contribution in [1.29, 1.82) is 0 Å². The number of amides is 1. The molecule has 0 aliphatic carbocycles. The fourth-order valence-corrected chi connectivity index (χ4v) is 2.11. The maximum absolute atomic E-state index is 12.0. The van der Waals surface area contributed by atoms with Crippen molar-refractivity contribution in [3.05, 3.63) is 23.5 Å². The highest BCUT2D eigenvalue weighted by Crippen LogP contribution is 2.18. The molecule has 2 heterocycles. The molecule has 4 nitrogen and oxygen atoms in total. The van der Waals surface area contributed by atoms with Gasteiger partial charge >= 0.3 is 0 Å². The number of carbonyl (C=O) groups is 1. The fraction of sp³-hybridized carbons (Fsp3) is 0.545. The Bertz CT molecular complexity index is 371. The van der Waals surface area contributed by atoms with E-state index in [1.165, 1.54) is 0 Å². The Morgan fingerprint density at radius 2 is 2.33 bits per heavy atom. The van der Waals surface area contributed by atoms with Crippen LogP contribution in [0.15, 0.2) is 12.3 Å². The maximum Gasteiger partial charge on any atom is 0.255 e. The number of aromatic nitrogens is 1. The highest BCUT2D eigenvalue weighted by atomic mass is 16.3. The molecule has 1 amide bonds. The molecule has 0 aromatic carbocycles. The van der Waals surface area contributed by atoms with Gasteiger partial charge in [-0.05, 0) is 18.9 Å². The summed E-state index contributed by atoms with van der Waals surface area (Å²) >= 11 is 0. The van der Waals surface area contributed by atoms with Gasteiger partial charge in [-0.1, -0.05) is 0 Å².